The van der Waals surface area contributed by atoms with Crippen molar-refractivity contribution in [3.05, 3.63) is 82.1 Å². The number of piperidine rings is 1. The summed E-state index contributed by atoms with van der Waals surface area (Å²) in [6, 6.07) is 16.8. The van der Waals surface area contributed by atoms with Gasteiger partial charge in [-0.15, -0.1) is 0 Å². The van der Waals surface area contributed by atoms with Crippen LogP contribution in [0.1, 0.15) is 29.0 Å². The summed E-state index contributed by atoms with van der Waals surface area (Å²) < 4.78 is 10.4. The van der Waals surface area contributed by atoms with Crippen molar-refractivity contribution in [2.75, 3.05) is 30.8 Å². The molecule has 1 aromatic heterocycles. The molecule has 1 aliphatic heterocycles. The molecular weight excluding hydrogens is 452 g/mol. The second kappa shape index (κ2) is 10.8. The molecule has 3 aromatic rings. The number of furan rings is 1. The molecule has 0 bridgehead atoms. The quantitative estimate of drug-likeness (QED) is 0.365. The lowest BCUT2D eigenvalue weighted by Crippen LogP contribution is -2.37. The highest BCUT2D eigenvalue weighted by Crippen LogP contribution is 2.26. The predicted molar refractivity (Wildman–Crippen MR) is 129 cm³/mol. The molecule has 0 saturated carbocycles. The highest BCUT2D eigenvalue weighted by Gasteiger charge is 2.26. The minimum atomic E-state index is -0.558. The van der Waals surface area contributed by atoms with Crippen molar-refractivity contribution in [1.82, 2.24) is 4.90 Å². The monoisotopic (exact) mass is 478 g/mol. The Balaban J connectivity index is 1.32. The zero-order chi connectivity index (χ0) is 24.8. The van der Waals surface area contributed by atoms with Crippen molar-refractivity contribution >= 4 is 29.1 Å². The highest BCUT2D eigenvalue weighted by molar-refractivity contribution is 6.07. The normalized spacial score (nSPS) is 14.3. The Kier molecular flexibility index (Phi) is 7.41. The van der Waals surface area contributed by atoms with Crippen LogP contribution in [0.3, 0.4) is 0 Å². The van der Waals surface area contributed by atoms with Crippen LogP contribution in [-0.2, 0) is 11.3 Å². The fraction of sp³-hybridized carbons (Fsp3) is 0.280. The number of likely N-dealkylation sites (tertiary alicyclic amines) is 1. The van der Waals surface area contributed by atoms with Crippen molar-refractivity contribution in [1.29, 1.82) is 0 Å². The standard InChI is InChI=1S/C25H26N4O6/c1-34-19-8-6-17(7-9-19)24(30)26-21-4-2-3-5-22(21)27-25(31)18-12-14-28(15-13-18)16-20-10-11-23(35-20)29(32)33/h2-11,18H,12-16H2,1H3,(H,26,30)(H,27,31). The van der Waals surface area contributed by atoms with E-state index in [1.54, 1.807) is 61.7 Å². The minimum absolute atomic E-state index is 0.107. The smallest absolute Gasteiger partial charge is 0.433 e. The van der Waals surface area contributed by atoms with Crippen LogP contribution < -0.4 is 15.4 Å². The summed E-state index contributed by atoms with van der Waals surface area (Å²) in [4.78, 5) is 37.9. The first-order chi connectivity index (χ1) is 16.9. The van der Waals surface area contributed by atoms with Gasteiger partial charge in [-0.1, -0.05) is 12.1 Å². The molecule has 10 heteroatoms. The molecule has 2 N–H and O–H groups in total. The first kappa shape index (κ1) is 24.0. The number of carbonyl (C=O) groups is 2. The van der Waals surface area contributed by atoms with Crippen LogP contribution >= 0.6 is 0 Å². The number of hydrogen-bond donors (Lipinski definition) is 2. The largest absolute Gasteiger partial charge is 0.497 e. The van der Waals surface area contributed by atoms with Gasteiger partial charge in [0.2, 0.25) is 5.91 Å². The zero-order valence-corrected chi connectivity index (χ0v) is 19.2. The van der Waals surface area contributed by atoms with Crippen LogP contribution in [0.25, 0.3) is 0 Å². The number of para-hydroxylation sites is 2. The number of amides is 2. The summed E-state index contributed by atoms with van der Waals surface area (Å²) in [6.07, 6.45) is 1.30. The maximum absolute atomic E-state index is 12.9. The van der Waals surface area contributed by atoms with Crippen molar-refractivity contribution in [2.45, 2.75) is 19.4 Å². The molecule has 0 aliphatic carbocycles. The Morgan fingerprint density at radius 3 is 2.29 bits per heavy atom. The van der Waals surface area contributed by atoms with Gasteiger partial charge < -0.3 is 19.8 Å². The summed E-state index contributed by atoms with van der Waals surface area (Å²) in [7, 11) is 1.56. The minimum Gasteiger partial charge on any atom is -0.497 e. The van der Waals surface area contributed by atoms with Gasteiger partial charge in [-0.2, -0.15) is 0 Å². The molecule has 1 fully saturated rings. The third-order valence-electron chi connectivity index (χ3n) is 5.95. The Hall–Kier alpha value is -4.18. The van der Waals surface area contributed by atoms with E-state index in [4.69, 9.17) is 9.15 Å². The van der Waals surface area contributed by atoms with E-state index in [2.05, 4.69) is 15.5 Å². The number of nitrogens with one attached hydrogen (secondary N) is 2. The van der Waals surface area contributed by atoms with Gasteiger partial charge in [0.1, 0.15) is 16.4 Å². The number of ether oxygens (including phenoxy) is 1. The molecular formula is C25H26N4O6. The van der Waals surface area contributed by atoms with Crippen LogP contribution in [0.4, 0.5) is 17.3 Å². The Morgan fingerprint density at radius 2 is 1.69 bits per heavy atom. The van der Waals surface area contributed by atoms with Gasteiger partial charge in [0.05, 0.1) is 31.1 Å². The lowest BCUT2D eigenvalue weighted by atomic mass is 9.95. The Labute approximate surface area is 202 Å². The van der Waals surface area contributed by atoms with E-state index in [9.17, 15) is 19.7 Å². The second-order valence-corrected chi connectivity index (χ2v) is 8.26. The van der Waals surface area contributed by atoms with Crippen molar-refractivity contribution in [3.8, 4) is 5.75 Å². The maximum Gasteiger partial charge on any atom is 0.433 e. The van der Waals surface area contributed by atoms with E-state index < -0.39 is 4.92 Å². The van der Waals surface area contributed by atoms with Crippen LogP contribution in [0.15, 0.2) is 65.1 Å². The van der Waals surface area contributed by atoms with Crippen molar-refractivity contribution < 1.29 is 23.7 Å². The van der Waals surface area contributed by atoms with Gasteiger partial charge >= 0.3 is 5.88 Å². The molecule has 182 valence electrons. The lowest BCUT2D eigenvalue weighted by molar-refractivity contribution is -0.402. The molecule has 1 saturated heterocycles. The molecule has 0 atom stereocenters. The first-order valence-corrected chi connectivity index (χ1v) is 11.2. The number of anilines is 2. The lowest BCUT2D eigenvalue weighted by Gasteiger charge is -2.30. The van der Waals surface area contributed by atoms with Crippen LogP contribution in [0, 0.1) is 16.0 Å². The summed E-state index contributed by atoms with van der Waals surface area (Å²) in [6.45, 7) is 1.80. The number of rotatable bonds is 8. The average Bonchev–Trinajstić information content (AvgIpc) is 3.34. The maximum atomic E-state index is 12.9. The summed E-state index contributed by atoms with van der Waals surface area (Å²) >= 11 is 0. The average molecular weight is 479 g/mol. The van der Waals surface area contributed by atoms with Gasteiger partial charge in [0.15, 0.2) is 0 Å². The number of methoxy groups -OCH3 is 1. The van der Waals surface area contributed by atoms with Gasteiger partial charge in [-0.25, -0.2) is 0 Å². The van der Waals surface area contributed by atoms with E-state index in [1.165, 1.54) is 6.07 Å². The number of nitro groups is 1. The van der Waals surface area contributed by atoms with E-state index in [1.807, 2.05) is 0 Å². The van der Waals surface area contributed by atoms with E-state index >= 15 is 0 Å². The molecule has 4 rings (SSSR count). The van der Waals surface area contributed by atoms with Gasteiger partial charge in [-0.05, 0) is 68.4 Å². The fourth-order valence-corrected chi connectivity index (χ4v) is 4.00. The van der Waals surface area contributed by atoms with E-state index in [0.29, 0.717) is 60.9 Å². The third kappa shape index (κ3) is 6.04. The Bertz CT molecular complexity index is 1200. The molecule has 0 radical (unpaired) electrons. The SMILES string of the molecule is COc1ccc(C(=O)Nc2ccccc2NC(=O)C2CCN(Cc3ccc([N+](=O)[O-])o3)CC2)cc1. The van der Waals surface area contributed by atoms with E-state index in [0.717, 1.165) is 0 Å². The fourth-order valence-electron chi connectivity index (χ4n) is 4.00. The first-order valence-electron chi connectivity index (χ1n) is 11.2. The number of carbonyl (C=O) groups excluding carboxylic acids is 2. The molecule has 10 nitrogen and oxygen atoms in total. The molecule has 35 heavy (non-hydrogen) atoms. The molecule has 0 spiro atoms. The van der Waals surface area contributed by atoms with Crippen molar-refractivity contribution in [3.63, 3.8) is 0 Å². The molecule has 2 aromatic carbocycles. The summed E-state index contributed by atoms with van der Waals surface area (Å²) in [5.41, 5.74) is 1.52. The topological polar surface area (TPSA) is 127 Å². The molecule has 1 aliphatic rings. The van der Waals surface area contributed by atoms with Gasteiger partial charge in [0.25, 0.3) is 5.91 Å². The third-order valence-corrected chi connectivity index (χ3v) is 5.95. The second-order valence-electron chi connectivity index (χ2n) is 8.26. The number of hydrogen-bond acceptors (Lipinski definition) is 7. The molecule has 2 heterocycles. The summed E-state index contributed by atoms with van der Waals surface area (Å²) in [5, 5.41) is 16.6. The summed E-state index contributed by atoms with van der Waals surface area (Å²) in [5.74, 6) is 0.340. The predicted octanol–water partition coefficient (Wildman–Crippen LogP) is 4.30. The Morgan fingerprint density at radius 1 is 1.03 bits per heavy atom. The number of nitrogens with zero attached hydrogens (tertiary/aromatic N) is 2. The molecule has 0 unspecified atom stereocenters. The van der Waals surface area contributed by atoms with Gasteiger partial charge in [0, 0.05) is 11.5 Å². The van der Waals surface area contributed by atoms with Crippen molar-refractivity contribution in [2.24, 2.45) is 5.92 Å². The number of benzene rings is 2. The van der Waals surface area contributed by atoms with Gasteiger partial charge in [-0.3, -0.25) is 24.6 Å². The zero-order valence-electron chi connectivity index (χ0n) is 19.2. The van der Waals surface area contributed by atoms with E-state index in [-0.39, 0.29) is 23.6 Å². The van der Waals surface area contributed by atoms with Crippen LogP contribution in [0.5, 0.6) is 5.75 Å². The van der Waals surface area contributed by atoms with Crippen LogP contribution in [-0.4, -0.2) is 41.8 Å². The van der Waals surface area contributed by atoms with Crippen LogP contribution in [0.2, 0.25) is 0 Å². The highest BCUT2D eigenvalue weighted by atomic mass is 16.6. The molecule has 2 amide bonds.